The first-order valence-corrected chi connectivity index (χ1v) is 21.9. The largest absolute Gasteiger partial charge is 0.396 e. The molecule has 20 atom stereocenters. The van der Waals surface area contributed by atoms with Crippen LogP contribution in [0.1, 0.15) is 137 Å². The molecule has 18 heteroatoms. The van der Waals surface area contributed by atoms with Gasteiger partial charge in [-0.2, -0.15) is 0 Å². The van der Waals surface area contributed by atoms with Crippen LogP contribution in [0.25, 0.3) is 0 Å². The lowest BCUT2D eigenvalue weighted by Gasteiger charge is -2.73. The Morgan fingerprint density at radius 3 is 1.44 bits per heavy atom. The lowest BCUT2D eigenvalue weighted by Crippen LogP contribution is -2.89. The first kappa shape index (κ1) is 54.9. The van der Waals surface area contributed by atoms with Gasteiger partial charge in [0.25, 0.3) is 0 Å². The van der Waals surface area contributed by atoms with Gasteiger partial charge in [-0.05, 0) is 128 Å². The van der Waals surface area contributed by atoms with Gasteiger partial charge < -0.3 is 89.7 Å². The van der Waals surface area contributed by atoms with Gasteiger partial charge in [0.2, 0.25) is 0 Å². The Hall–Kier alpha value is -0.720. The van der Waals surface area contributed by atoms with Crippen LogP contribution in [0.2, 0.25) is 0 Å². The SMILES string of the molecule is CO[C@@]1(C)OC(CO)[C@@](C)(O[C@@]2(C)CC(C)(CO)[C@@](C)(O[C@@]3(C)OC(C)(CO)[C@@](C)(O[C@@H]4CC(C)(CO)[C@H](C)[C@](C)(O)C4(C)O)[C@](C)(O)C3(C)O)[C@](C)(O)C2(C)O)[C@](C)(O)C1(C)O. The van der Waals surface area contributed by atoms with Crippen LogP contribution in [0.4, 0.5) is 0 Å². The first-order chi connectivity index (χ1) is 27.7. The van der Waals surface area contributed by atoms with Crippen LogP contribution in [-0.2, 0) is 28.4 Å². The molecule has 2 saturated heterocycles. The van der Waals surface area contributed by atoms with E-state index >= 15 is 0 Å². The summed E-state index contributed by atoms with van der Waals surface area (Å²) in [7, 11) is 1.26. The first-order valence-electron chi connectivity index (χ1n) is 21.9. The number of aliphatic hydroxyl groups is 12. The molecule has 12 N–H and O–H groups in total. The van der Waals surface area contributed by atoms with Gasteiger partial charge in [-0.25, -0.2) is 0 Å². The van der Waals surface area contributed by atoms with Crippen LogP contribution >= 0.6 is 0 Å². The molecule has 0 aromatic rings. The van der Waals surface area contributed by atoms with E-state index < -0.39 is 146 Å². The summed E-state index contributed by atoms with van der Waals surface area (Å²) < 4.78 is 38.7. The van der Waals surface area contributed by atoms with Crippen molar-refractivity contribution >= 4 is 0 Å². The Bertz CT molecular complexity index is 1730. The number of ether oxygens (including phenoxy) is 6. The lowest BCUT2D eigenvalue weighted by atomic mass is 9.48. The van der Waals surface area contributed by atoms with E-state index in [1.54, 1.807) is 13.8 Å². The number of aliphatic hydroxyl groups excluding tert-OH is 4. The zero-order chi connectivity index (χ0) is 49.7. The number of hydrogen-bond acceptors (Lipinski definition) is 18. The third-order valence-electron chi connectivity index (χ3n) is 19.7. The molecule has 0 radical (unpaired) electrons. The van der Waals surface area contributed by atoms with Gasteiger partial charge in [-0.15, -0.1) is 0 Å². The van der Waals surface area contributed by atoms with E-state index in [2.05, 4.69) is 0 Å². The summed E-state index contributed by atoms with van der Waals surface area (Å²) in [6.45, 7) is 21.8. The average molecular weight is 913 g/mol. The normalized spacial score (nSPS) is 61.5. The molecule has 2 saturated carbocycles. The van der Waals surface area contributed by atoms with Crippen LogP contribution in [0.15, 0.2) is 0 Å². The molecule has 0 aromatic heterocycles. The van der Waals surface area contributed by atoms with E-state index in [0.717, 1.165) is 0 Å². The highest BCUT2D eigenvalue weighted by atomic mass is 16.8. The van der Waals surface area contributed by atoms with Crippen molar-refractivity contribution in [1.82, 2.24) is 0 Å². The fourth-order valence-corrected chi connectivity index (χ4v) is 11.9. The molecule has 0 aromatic carbocycles. The average Bonchev–Trinajstić information content (AvgIpc) is 3.15. The molecule has 0 bridgehead atoms. The monoisotopic (exact) mass is 913 g/mol. The minimum Gasteiger partial charge on any atom is -0.396 e. The number of hydrogen-bond donors (Lipinski definition) is 12. The Balaban J connectivity index is 1.89. The molecule has 0 spiro atoms. The zero-order valence-corrected chi connectivity index (χ0v) is 41.3. The van der Waals surface area contributed by atoms with Crippen LogP contribution in [0.5, 0.6) is 0 Å². The molecule has 4 rings (SSSR count). The van der Waals surface area contributed by atoms with Gasteiger partial charge in [0.15, 0.2) is 11.6 Å². The molecule has 2 aliphatic carbocycles. The Morgan fingerprint density at radius 1 is 0.540 bits per heavy atom. The van der Waals surface area contributed by atoms with Gasteiger partial charge in [0.05, 0.1) is 37.1 Å². The van der Waals surface area contributed by atoms with Gasteiger partial charge in [0.1, 0.15) is 67.7 Å². The van der Waals surface area contributed by atoms with Gasteiger partial charge in [-0.3, -0.25) is 0 Å². The molecular weight excluding hydrogens is 828 g/mol. The van der Waals surface area contributed by atoms with Crippen molar-refractivity contribution in [2.75, 3.05) is 33.5 Å². The number of methoxy groups -OCH3 is 1. The molecular formula is C45H84O18. The molecule has 4 fully saturated rings. The quantitative estimate of drug-likeness (QED) is 0.131. The van der Waals surface area contributed by atoms with E-state index in [1.165, 1.54) is 118 Å². The number of rotatable bonds is 11. The van der Waals surface area contributed by atoms with E-state index in [1.807, 2.05) is 0 Å². The summed E-state index contributed by atoms with van der Waals surface area (Å²) >= 11 is 0. The summed E-state index contributed by atoms with van der Waals surface area (Å²) in [4.78, 5) is 0. The van der Waals surface area contributed by atoms with Crippen LogP contribution in [0, 0.1) is 16.7 Å². The molecule has 63 heavy (non-hydrogen) atoms. The highest BCUT2D eigenvalue weighted by Crippen LogP contribution is 2.66. The third-order valence-corrected chi connectivity index (χ3v) is 19.7. The summed E-state index contributed by atoms with van der Waals surface area (Å²) in [5.41, 5.74) is -31.9. The predicted octanol–water partition coefficient (Wildman–Crippen LogP) is 0.139. The van der Waals surface area contributed by atoms with Crippen LogP contribution < -0.4 is 0 Å². The molecule has 372 valence electrons. The minimum atomic E-state index is -2.61. The Kier molecular flexibility index (Phi) is 13.0. The molecule has 0 amide bonds. The third kappa shape index (κ3) is 6.34. The van der Waals surface area contributed by atoms with E-state index in [0.29, 0.717) is 0 Å². The second kappa shape index (κ2) is 14.9. The smallest absolute Gasteiger partial charge is 0.198 e. The fraction of sp³-hybridized carbons (Fsp3) is 1.00. The van der Waals surface area contributed by atoms with Crippen molar-refractivity contribution in [3.05, 3.63) is 0 Å². The summed E-state index contributed by atoms with van der Waals surface area (Å²) in [6, 6.07) is 0. The molecule has 8 unspecified atom stereocenters. The zero-order valence-electron chi connectivity index (χ0n) is 41.3. The highest BCUT2D eigenvalue weighted by molar-refractivity contribution is 5.30. The van der Waals surface area contributed by atoms with E-state index in [9.17, 15) is 61.3 Å². The maximum Gasteiger partial charge on any atom is 0.198 e. The van der Waals surface area contributed by atoms with Gasteiger partial charge in [-0.1, -0.05) is 20.8 Å². The minimum absolute atomic E-state index is 0.0362. The predicted molar refractivity (Wildman–Crippen MR) is 227 cm³/mol. The molecule has 2 heterocycles. The van der Waals surface area contributed by atoms with Gasteiger partial charge >= 0.3 is 0 Å². The summed E-state index contributed by atoms with van der Waals surface area (Å²) in [5.74, 6) is -5.00. The van der Waals surface area contributed by atoms with Crippen molar-refractivity contribution in [2.45, 2.75) is 234 Å². The lowest BCUT2D eigenvalue weighted by molar-refractivity contribution is -0.506. The van der Waals surface area contributed by atoms with Crippen molar-refractivity contribution in [2.24, 2.45) is 16.7 Å². The second-order valence-corrected chi connectivity index (χ2v) is 23.0. The van der Waals surface area contributed by atoms with Crippen molar-refractivity contribution in [1.29, 1.82) is 0 Å². The highest BCUT2D eigenvalue weighted by Gasteiger charge is 2.83. The fourth-order valence-electron chi connectivity index (χ4n) is 11.9. The van der Waals surface area contributed by atoms with Crippen LogP contribution in [-0.4, -0.2) is 191 Å². The molecule has 2 aliphatic heterocycles. The topological polar surface area (TPSA) is 298 Å². The maximum atomic E-state index is 13.0. The maximum absolute atomic E-state index is 13.0. The Morgan fingerprint density at radius 2 is 1.02 bits per heavy atom. The van der Waals surface area contributed by atoms with Crippen molar-refractivity contribution in [3.63, 3.8) is 0 Å². The van der Waals surface area contributed by atoms with Crippen molar-refractivity contribution < 1.29 is 89.7 Å². The molecule has 18 nitrogen and oxygen atoms in total. The molecule has 4 aliphatic rings. The standard InChI is InChI=1S/C45H84O18/c1-26-29(2,23-47)20-27(34(7,51)33(26,6)50)59-43(16)32(5,25-49)62-45(18,41(14,57)39(43,12)55)63-42(15)30(3,24-48)22-31(4,36(9,52)38(42,11)54)61-35(8)28(21-46)60-44(17,58-19)40(13,56)37(35,10)53/h26-28,46-57H,20-25H2,1-19H3/t26-,27+,28?,29?,30?,31-,32?,33-,34?,35+,36?,37-,38+,39+,40?,41?,42+,43+,44-,45+/m0/s1. The summed E-state index contributed by atoms with van der Waals surface area (Å²) in [6.07, 6.45) is -3.19. The van der Waals surface area contributed by atoms with E-state index in [-0.39, 0.29) is 6.42 Å². The van der Waals surface area contributed by atoms with Gasteiger partial charge in [0, 0.05) is 19.1 Å². The second-order valence-electron chi connectivity index (χ2n) is 23.0. The van der Waals surface area contributed by atoms with E-state index in [4.69, 9.17) is 28.4 Å². The van der Waals surface area contributed by atoms with Crippen LogP contribution in [0.3, 0.4) is 0 Å². The van der Waals surface area contributed by atoms with Crippen molar-refractivity contribution in [3.8, 4) is 0 Å². The summed E-state index contributed by atoms with van der Waals surface area (Å²) in [5, 5.41) is 144. The Labute approximate surface area is 373 Å².